The molecule has 6 heteroatoms. The Bertz CT molecular complexity index is 571. The van der Waals surface area contributed by atoms with Crippen LogP contribution in [0.5, 0.6) is 0 Å². The van der Waals surface area contributed by atoms with Crippen LogP contribution in [0.15, 0.2) is 18.2 Å². The van der Waals surface area contributed by atoms with E-state index in [4.69, 9.17) is 0 Å². The summed E-state index contributed by atoms with van der Waals surface area (Å²) in [7, 11) is -1.19. The normalized spacial score (nSPS) is 23.3. The van der Waals surface area contributed by atoms with Gasteiger partial charge >= 0.3 is 0 Å². The summed E-state index contributed by atoms with van der Waals surface area (Å²) in [6.07, 6.45) is -0.235. The van der Waals surface area contributed by atoms with Gasteiger partial charge in [-0.25, -0.2) is 12.8 Å². The maximum Gasteiger partial charge on any atom is 0.152 e. The molecule has 4 nitrogen and oxygen atoms in total. The summed E-state index contributed by atoms with van der Waals surface area (Å²) in [6, 6.07) is 4.08. The van der Waals surface area contributed by atoms with Gasteiger partial charge in [0.15, 0.2) is 9.84 Å². The molecule has 2 atom stereocenters. The van der Waals surface area contributed by atoms with E-state index in [1.807, 2.05) is 4.90 Å². The molecule has 2 rings (SSSR count). The first-order chi connectivity index (χ1) is 8.80. The van der Waals surface area contributed by atoms with Gasteiger partial charge in [-0.15, -0.1) is 0 Å². The molecule has 1 aliphatic rings. The fraction of sp³-hybridized carbons (Fsp3) is 0.538. The van der Waals surface area contributed by atoms with Crippen molar-refractivity contribution in [3.63, 3.8) is 0 Å². The number of benzene rings is 1. The number of halogens is 1. The minimum Gasteiger partial charge on any atom is -0.389 e. The molecule has 0 saturated carbocycles. The van der Waals surface area contributed by atoms with Crippen molar-refractivity contribution in [2.45, 2.75) is 25.5 Å². The minimum absolute atomic E-state index is 0.111. The molecule has 0 radical (unpaired) electrons. The smallest absolute Gasteiger partial charge is 0.152 e. The highest BCUT2D eigenvalue weighted by Gasteiger charge is 2.31. The van der Waals surface area contributed by atoms with Gasteiger partial charge in [-0.05, 0) is 31.5 Å². The van der Waals surface area contributed by atoms with Gasteiger partial charge in [0, 0.05) is 24.3 Å². The fourth-order valence-electron chi connectivity index (χ4n) is 2.46. The summed E-state index contributed by atoms with van der Waals surface area (Å²) in [5.41, 5.74) is 1.16. The third-order valence-electron chi connectivity index (χ3n) is 3.58. The molecule has 0 amide bonds. The molecule has 0 spiro atoms. The second-order valence-corrected chi connectivity index (χ2v) is 7.28. The molecular formula is C13H18FNO3S. The van der Waals surface area contributed by atoms with Crippen LogP contribution in [0, 0.1) is 5.82 Å². The largest absolute Gasteiger partial charge is 0.389 e. The predicted molar refractivity (Wildman–Crippen MR) is 72.5 cm³/mol. The molecule has 1 aliphatic heterocycles. The molecule has 1 N–H and O–H groups in total. The zero-order valence-electron chi connectivity index (χ0n) is 11.0. The van der Waals surface area contributed by atoms with Gasteiger partial charge in [0.05, 0.1) is 17.6 Å². The van der Waals surface area contributed by atoms with E-state index in [1.54, 1.807) is 20.0 Å². The number of nitrogens with zero attached hydrogens (tertiary/aromatic N) is 1. The third-order valence-corrected chi connectivity index (χ3v) is 5.33. The van der Waals surface area contributed by atoms with Crippen LogP contribution in [0.25, 0.3) is 0 Å². The van der Waals surface area contributed by atoms with E-state index in [0.29, 0.717) is 17.7 Å². The SMILES string of the molecule is C[C@@H](O)c1cc(F)ccc1N(C)C1CCS(=O)(=O)C1. The molecule has 106 valence electrons. The van der Waals surface area contributed by atoms with Crippen LogP contribution in [0.1, 0.15) is 25.0 Å². The average molecular weight is 287 g/mol. The molecule has 1 aromatic rings. The lowest BCUT2D eigenvalue weighted by atomic mass is 10.1. The van der Waals surface area contributed by atoms with Crippen molar-refractivity contribution in [2.75, 3.05) is 23.5 Å². The second kappa shape index (κ2) is 5.09. The Kier molecular flexibility index (Phi) is 3.82. The van der Waals surface area contributed by atoms with Crippen molar-refractivity contribution >= 4 is 15.5 Å². The van der Waals surface area contributed by atoms with Crippen LogP contribution in [-0.2, 0) is 9.84 Å². The maximum absolute atomic E-state index is 13.2. The van der Waals surface area contributed by atoms with E-state index in [2.05, 4.69) is 0 Å². The van der Waals surface area contributed by atoms with Gasteiger partial charge in [0.2, 0.25) is 0 Å². The van der Waals surface area contributed by atoms with E-state index in [-0.39, 0.29) is 17.5 Å². The van der Waals surface area contributed by atoms with E-state index < -0.39 is 21.8 Å². The summed E-state index contributed by atoms with van der Waals surface area (Å²) in [5, 5.41) is 9.71. The number of aliphatic hydroxyl groups is 1. The number of hydrogen-bond acceptors (Lipinski definition) is 4. The topological polar surface area (TPSA) is 57.6 Å². The third kappa shape index (κ3) is 3.06. The number of rotatable bonds is 3. The van der Waals surface area contributed by atoms with Gasteiger partial charge in [-0.1, -0.05) is 0 Å². The summed E-state index contributed by atoms with van der Waals surface area (Å²) in [6.45, 7) is 1.57. The van der Waals surface area contributed by atoms with Crippen LogP contribution in [0.3, 0.4) is 0 Å². The van der Waals surface area contributed by atoms with Gasteiger partial charge in [-0.3, -0.25) is 0 Å². The number of aliphatic hydroxyl groups excluding tert-OH is 1. The van der Waals surface area contributed by atoms with E-state index in [9.17, 15) is 17.9 Å². The first kappa shape index (κ1) is 14.3. The highest BCUT2D eigenvalue weighted by Crippen LogP contribution is 2.30. The Hall–Kier alpha value is -1.14. The number of hydrogen-bond donors (Lipinski definition) is 1. The zero-order valence-corrected chi connectivity index (χ0v) is 11.8. The van der Waals surface area contributed by atoms with E-state index in [1.165, 1.54) is 12.1 Å². The van der Waals surface area contributed by atoms with Crippen LogP contribution in [-0.4, -0.2) is 38.1 Å². The van der Waals surface area contributed by atoms with Crippen molar-refractivity contribution in [3.8, 4) is 0 Å². The standard InChI is InChI=1S/C13H18FNO3S/c1-9(16)12-7-10(14)3-4-13(12)15(2)11-5-6-19(17,18)8-11/h3-4,7,9,11,16H,5-6,8H2,1-2H3/t9-,11?/m1/s1. The van der Waals surface area contributed by atoms with E-state index in [0.717, 1.165) is 0 Å². The van der Waals surface area contributed by atoms with Crippen LogP contribution < -0.4 is 4.90 Å². The zero-order chi connectivity index (χ0) is 14.2. The van der Waals surface area contributed by atoms with Gasteiger partial charge in [0.25, 0.3) is 0 Å². The quantitative estimate of drug-likeness (QED) is 0.915. The first-order valence-electron chi connectivity index (χ1n) is 6.21. The molecular weight excluding hydrogens is 269 g/mol. The van der Waals surface area contributed by atoms with Crippen molar-refractivity contribution in [3.05, 3.63) is 29.6 Å². The summed E-state index contributed by atoms with van der Waals surface area (Å²) in [4.78, 5) is 1.83. The van der Waals surface area contributed by atoms with Crippen molar-refractivity contribution in [1.82, 2.24) is 0 Å². The molecule has 19 heavy (non-hydrogen) atoms. The predicted octanol–water partition coefficient (Wildman–Crippen LogP) is 1.50. The van der Waals surface area contributed by atoms with Crippen molar-refractivity contribution in [2.24, 2.45) is 0 Å². The van der Waals surface area contributed by atoms with Crippen LogP contribution in [0.4, 0.5) is 10.1 Å². The monoisotopic (exact) mass is 287 g/mol. The molecule has 1 unspecified atom stereocenters. The highest BCUT2D eigenvalue weighted by atomic mass is 32.2. The lowest BCUT2D eigenvalue weighted by Gasteiger charge is -2.28. The Balaban J connectivity index is 2.31. The molecule has 1 saturated heterocycles. The minimum atomic E-state index is -2.97. The molecule has 1 aromatic carbocycles. The van der Waals surface area contributed by atoms with Gasteiger partial charge < -0.3 is 10.0 Å². The average Bonchev–Trinajstić information content (AvgIpc) is 2.68. The second-order valence-electron chi connectivity index (χ2n) is 5.05. The Labute approximate surface area is 112 Å². The molecule has 0 aliphatic carbocycles. The number of anilines is 1. The lowest BCUT2D eigenvalue weighted by molar-refractivity contribution is 0.199. The molecule has 0 bridgehead atoms. The van der Waals surface area contributed by atoms with Crippen molar-refractivity contribution < 1.29 is 17.9 Å². The van der Waals surface area contributed by atoms with Crippen LogP contribution >= 0.6 is 0 Å². The van der Waals surface area contributed by atoms with Crippen LogP contribution in [0.2, 0.25) is 0 Å². The fourth-order valence-corrected chi connectivity index (χ4v) is 4.23. The van der Waals surface area contributed by atoms with Gasteiger partial charge in [0.1, 0.15) is 5.82 Å². The number of sulfone groups is 1. The highest BCUT2D eigenvalue weighted by molar-refractivity contribution is 7.91. The Morgan fingerprint density at radius 3 is 2.68 bits per heavy atom. The first-order valence-corrected chi connectivity index (χ1v) is 8.03. The summed E-state index contributed by atoms with van der Waals surface area (Å²) in [5.74, 6) is -0.111. The molecule has 1 fully saturated rings. The lowest BCUT2D eigenvalue weighted by Crippen LogP contribution is -2.33. The Morgan fingerprint density at radius 1 is 1.47 bits per heavy atom. The van der Waals surface area contributed by atoms with E-state index >= 15 is 0 Å². The molecule has 0 aromatic heterocycles. The van der Waals surface area contributed by atoms with Gasteiger partial charge in [-0.2, -0.15) is 0 Å². The maximum atomic E-state index is 13.2. The summed E-state index contributed by atoms with van der Waals surface area (Å²) < 4.78 is 36.3. The molecule has 1 heterocycles. The van der Waals surface area contributed by atoms with Crippen molar-refractivity contribution in [1.29, 1.82) is 0 Å². The summed E-state index contributed by atoms with van der Waals surface area (Å²) >= 11 is 0. The Morgan fingerprint density at radius 2 is 2.16 bits per heavy atom.